The summed E-state index contributed by atoms with van der Waals surface area (Å²) < 4.78 is 0. The highest BCUT2D eigenvalue weighted by Crippen LogP contribution is 2.22. The van der Waals surface area contributed by atoms with Crippen molar-refractivity contribution < 1.29 is 0 Å². The molecule has 1 fully saturated rings. The van der Waals surface area contributed by atoms with E-state index in [2.05, 4.69) is 11.4 Å². The molecule has 1 rings (SSSR count). The summed E-state index contributed by atoms with van der Waals surface area (Å²) in [4.78, 5) is 0. The fraction of sp³-hybridized carbons (Fsp3) is 0.900. The zero-order chi connectivity index (χ0) is 9.73. The molecule has 1 saturated heterocycles. The molecule has 1 aliphatic heterocycles. The second-order valence-corrected chi connectivity index (χ2v) is 5.51. The minimum atomic E-state index is -0.217. The van der Waals surface area contributed by atoms with Crippen molar-refractivity contribution in [1.82, 2.24) is 5.32 Å². The third-order valence-electron chi connectivity index (χ3n) is 2.33. The third kappa shape index (κ3) is 4.02. The Balaban J connectivity index is 2.10. The van der Waals surface area contributed by atoms with Gasteiger partial charge in [-0.25, -0.2) is 0 Å². The fourth-order valence-corrected chi connectivity index (χ4v) is 2.66. The molecule has 0 aromatic rings. The Morgan fingerprint density at radius 1 is 1.62 bits per heavy atom. The van der Waals surface area contributed by atoms with Crippen molar-refractivity contribution in [1.29, 1.82) is 5.26 Å². The zero-order valence-corrected chi connectivity index (χ0v) is 9.28. The highest BCUT2D eigenvalue weighted by atomic mass is 32.2. The molecular formula is C10H18N2S. The largest absolute Gasteiger partial charge is 0.315 e. The number of rotatable bonds is 4. The quantitative estimate of drug-likeness (QED) is 0.749. The first kappa shape index (κ1) is 10.9. The molecule has 1 atom stereocenters. The van der Waals surface area contributed by atoms with Gasteiger partial charge in [0.15, 0.2) is 0 Å². The Morgan fingerprint density at radius 2 is 2.38 bits per heavy atom. The minimum absolute atomic E-state index is 0.217. The van der Waals surface area contributed by atoms with E-state index in [1.165, 1.54) is 17.9 Å². The van der Waals surface area contributed by atoms with Gasteiger partial charge in [-0.15, -0.1) is 0 Å². The van der Waals surface area contributed by atoms with Crippen molar-refractivity contribution in [3.8, 4) is 6.07 Å². The first-order valence-electron chi connectivity index (χ1n) is 4.84. The summed E-state index contributed by atoms with van der Waals surface area (Å²) in [6.45, 7) is 5.84. The summed E-state index contributed by atoms with van der Waals surface area (Å²) in [6.07, 6.45) is 1.34. The van der Waals surface area contributed by atoms with E-state index in [9.17, 15) is 0 Å². The number of thioether (sulfide) groups is 1. The molecule has 0 saturated carbocycles. The number of nitrogens with one attached hydrogen (secondary N) is 1. The second kappa shape index (κ2) is 4.88. The molecule has 0 aliphatic carbocycles. The van der Waals surface area contributed by atoms with Crippen molar-refractivity contribution in [2.24, 2.45) is 11.3 Å². The van der Waals surface area contributed by atoms with Crippen LogP contribution in [0.25, 0.3) is 0 Å². The van der Waals surface area contributed by atoms with Crippen LogP contribution in [0.4, 0.5) is 0 Å². The van der Waals surface area contributed by atoms with Gasteiger partial charge in [-0.2, -0.15) is 17.0 Å². The first-order valence-corrected chi connectivity index (χ1v) is 5.99. The highest BCUT2D eigenvalue weighted by Gasteiger charge is 2.18. The summed E-state index contributed by atoms with van der Waals surface area (Å²) >= 11 is 2.04. The molecule has 0 radical (unpaired) electrons. The lowest BCUT2D eigenvalue weighted by Gasteiger charge is -2.17. The summed E-state index contributed by atoms with van der Waals surface area (Å²) in [7, 11) is 0. The van der Waals surface area contributed by atoms with Crippen molar-refractivity contribution in [2.45, 2.75) is 20.3 Å². The van der Waals surface area contributed by atoms with Crippen LogP contribution < -0.4 is 5.32 Å². The van der Waals surface area contributed by atoms with Gasteiger partial charge in [0.05, 0.1) is 11.5 Å². The average Bonchev–Trinajstić information content (AvgIpc) is 2.57. The van der Waals surface area contributed by atoms with Crippen LogP contribution in [0.3, 0.4) is 0 Å². The normalized spacial score (nSPS) is 23.0. The molecule has 1 heterocycles. The third-order valence-corrected chi connectivity index (χ3v) is 3.56. The molecule has 74 valence electrons. The van der Waals surface area contributed by atoms with Crippen molar-refractivity contribution in [2.75, 3.05) is 24.6 Å². The molecule has 3 heteroatoms. The Bertz CT molecular complexity index is 190. The number of hydrogen-bond donors (Lipinski definition) is 1. The van der Waals surface area contributed by atoms with E-state index < -0.39 is 0 Å². The van der Waals surface area contributed by atoms with Gasteiger partial charge in [-0.05, 0) is 44.2 Å². The summed E-state index contributed by atoms with van der Waals surface area (Å²) in [5, 5.41) is 12.2. The molecule has 0 bridgehead atoms. The molecular weight excluding hydrogens is 180 g/mol. The van der Waals surface area contributed by atoms with Gasteiger partial charge in [-0.3, -0.25) is 0 Å². The molecule has 0 spiro atoms. The number of nitriles is 1. The van der Waals surface area contributed by atoms with Crippen LogP contribution in [-0.4, -0.2) is 24.6 Å². The molecule has 0 aromatic heterocycles. The van der Waals surface area contributed by atoms with Crippen LogP contribution in [-0.2, 0) is 0 Å². The molecule has 1 aliphatic rings. The SMILES string of the molecule is CC(C)(C#N)CNCC1CCSC1. The Morgan fingerprint density at radius 3 is 2.92 bits per heavy atom. The van der Waals surface area contributed by atoms with Crippen LogP contribution in [0.2, 0.25) is 0 Å². The standard InChI is InChI=1S/C10H18N2S/c1-10(2,7-11)8-12-5-9-3-4-13-6-9/h9,12H,3-6,8H2,1-2H3. The monoisotopic (exact) mass is 198 g/mol. The molecule has 1 N–H and O–H groups in total. The highest BCUT2D eigenvalue weighted by molar-refractivity contribution is 7.99. The lowest BCUT2D eigenvalue weighted by atomic mass is 9.96. The fourth-order valence-electron chi connectivity index (χ4n) is 1.37. The van der Waals surface area contributed by atoms with Crippen LogP contribution in [0, 0.1) is 22.7 Å². The smallest absolute Gasteiger partial charge is 0.0697 e. The van der Waals surface area contributed by atoms with Gasteiger partial charge in [0.2, 0.25) is 0 Å². The maximum atomic E-state index is 8.79. The van der Waals surface area contributed by atoms with Crippen LogP contribution in [0.5, 0.6) is 0 Å². The van der Waals surface area contributed by atoms with Crippen LogP contribution >= 0.6 is 11.8 Å². The summed E-state index contributed by atoms with van der Waals surface area (Å²) in [5.41, 5.74) is -0.217. The maximum absolute atomic E-state index is 8.79. The van der Waals surface area contributed by atoms with E-state index in [0.29, 0.717) is 0 Å². The number of hydrogen-bond acceptors (Lipinski definition) is 3. The van der Waals surface area contributed by atoms with Crippen molar-refractivity contribution >= 4 is 11.8 Å². The zero-order valence-electron chi connectivity index (χ0n) is 8.47. The maximum Gasteiger partial charge on any atom is 0.0697 e. The summed E-state index contributed by atoms with van der Waals surface area (Å²) in [6, 6.07) is 2.30. The predicted molar refractivity (Wildman–Crippen MR) is 57.7 cm³/mol. The Kier molecular flexibility index (Phi) is 4.08. The molecule has 13 heavy (non-hydrogen) atoms. The van der Waals surface area contributed by atoms with Gasteiger partial charge in [0.25, 0.3) is 0 Å². The molecule has 0 aromatic carbocycles. The van der Waals surface area contributed by atoms with Crippen molar-refractivity contribution in [3.63, 3.8) is 0 Å². The van der Waals surface area contributed by atoms with Crippen molar-refractivity contribution in [3.05, 3.63) is 0 Å². The number of nitrogens with zero attached hydrogens (tertiary/aromatic N) is 1. The van der Waals surface area contributed by atoms with E-state index in [0.717, 1.165) is 19.0 Å². The van der Waals surface area contributed by atoms with Gasteiger partial charge in [0.1, 0.15) is 0 Å². The average molecular weight is 198 g/mol. The summed E-state index contributed by atoms with van der Waals surface area (Å²) in [5.74, 6) is 3.44. The Hall–Kier alpha value is -0.200. The second-order valence-electron chi connectivity index (χ2n) is 4.36. The first-order chi connectivity index (χ1) is 6.14. The van der Waals surface area contributed by atoms with E-state index >= 15 is 0 Å². The topological polar surface area (TPSA) is 35.8 Å². The lowest BCUT2D eigenvalue weighted by Crippen LogP contribution is -2.32. The van der Waals surface area contributed by atoms with Crippen LogP contribution in [0.15, 0.2) is 0 Å². The lowest BCUT2D eigenvalue weighted by molar-refractivity contribution is 0.417. The van der Waals surface area contributed by atoms with Gasteiger partial charge >= 0.3 is 0 Å². The molecule has 2 nitrogen and oxygen atoms in total. The molecule has 1 unspecified atom stereocenters. The Labute approximate surface area is 85.1 Å². The van der Waals surface area contributed by atoms with E-state index in [4.69, 9.17) is 5.26 Å². The minimum Gasteiger partial charge on any atom is -0.315 e. The van der Waals surface area contributed by atoms with E-state index in [1.807, 2.05) is 25.6 Å². The van der Waals surface area contributed by atoms with Gasteiger partial charge in [0, 0.05) is 6.54 Å². The van der Waals surface area contributed by atoms with Gasteiger partial charge in [-0.1, -0.05) is 0 Å². The van der Waals surface area contributed by atoms with E-state index in [-0.39, 0.29) is 5.41 Å². The predicted octanol–water partition coefficient (Wildman–Crippen LogP) is 1.88. The van der Waals surface area contributed by atoms with E-state index in [1.54, 1.807) is 0 Å². The van der Waals surface area contributed by atoms with Gasteiger partial charge < -0.3 is 5.32 Å². The molecule has 0 amide bonds. The van der Waals surface area contributed by atoms with Crippen LogP contribution in [0.1, 0.15) is 20.3 Å².